The van der Waals surface area contributed by atoms with Crippen molar-refractivity contribution in [2.45, 2.75) is 24.7 Å². The van der Waals surface area contributed by atoms with Gasteiger partial charge in [-0.15, -0.1) is 0 Å². The standard InChI is InChI=1S/C30H26O2/c1-31-27-15-7-13-25-21(19-9-3-5-11-23(19)29(25)27)17-18-22-20-10-4-6-12-24(20)30-26(22)14-8-16-28(30)32-2/h3-16,21-22H,17-18H2,1-2H3. The smallest absolute Gasteiger partial charge is 0.126 e. The van der Waals surface area contributed by atoms with Gasteiger partial charge in [0, 0.05) is 23.0 Å². The number of benzene rings is 4. The highest BCUT2D eigenvalue weighted by atomic mass is 16.5. The molecule has 4 aromatic rings. The van der Waals surface area contributed by atoms with E-state index in [0.29, 0.717) is 11.8 Å². The van der Waals surface area contributed by atoms with Crippen molar-refractivity contribution in [1.82, 2.24) is 0 Å². The summed E-state index contributed by atoms with van der Waals surface area (Å²) in [6, 6.07) is 30.6. The van der Waals surface area contributed by atoms with Crippen molar-refractivity contribution in [3.8, 4) is 33.8 Å². The van der Waals surface area contributed by atoms with E-state index in [2.05, 4.69) is 84.9 Å². The van der Waals surface area contributed by atoms with E-state index in [4.69, 9.17) is 9.47 Å². The van der Waals surface area contributed by atoms with Gasteiger partial charge in [0.15, 0.2) is 0 Å². The Morgan fingerprint density at radius 1 is 0.500 bits per heavy atom. The van der Waals surface area contributed by atoms with Crippen LogP contribution in [-0.2, 0) is 0 Å². The van der Waals surface area contributed by atoms with E-state index >= 15 is 0 Å². The second kappa shape index (κ2) is 7.56. The molecule has 158 valence electrons. The van der Waals surface area contributed by atoms with E-state index in [-0.39, 0.29) is 0 Å². The van der Waals surface area contributed by atoms with Crippen LogP contribution in [0.2, 0.25) is 0 Å². The van der Waals surface area contributed by atoms with Gasteiger partial charge in [0.2, 0.25) is 0 Å². The van der Waals surface area contributed by atoms with Gasteiger partial charge < -0.3 is 9.47 Å². The Hall–Kier alpha value is -3.52. The van der Waals surface area contributed by atoms with Gasteiger partial charge in [-0.2, -0.15) is 0 Å². The first-order chi connectivity index (χ1) is 15.8. The van der Waals surface area contributed by atoms with Gasteiger partial charge >= 0.3 is 0 Å². The van der Waals surface area contributed by atoms with Crippen molar-refractivity contribution >= 4 is 0 Å². The molecular weight excluding hydrogens is 392 g/mol. The lowest BCUT2D eigenvalue weighted by Crippen LogP contribution is -2.03. The Balaban J connectivity index is 1.40. The van der Waals surface area contributed by atoms with E-state index in [9.17, 15) is 0 Å². The molecule has 0 spiro atoms. The minimum absolute atomic E-state index is 0.387. The van der Waals surface area contributed by atoms with Crippen LogP contribution in [0, 0.1) is 0 Å². The van der Waals surface area contributed by atoms with Crippen molar-refractivity contribution < 1.29 is 9.47 Å². The molecule has 0 fully saturated rings. The summed E-state index contributed by atoms with van der Waals surface area (Å²) in [5.74, 6) is 2.72. The van der Waals surface area contributed by atoms with Gasteiger partial charge in [0.1, 0.15) is 11.5 Å². The Morgan fingerprint density at radius 3 is 1.34 bits per heavy atom. The predicted octanol–water partition coefficient (Wildman–Crippen LogP) is 7.41. The van der Waals surface area contributed by atoms with E-state index in [1.807, 2.05) is 0 Å². The van der Waals surface area contributed by atoms with Gasteiger partial charge in [-0.3, -0.25) is 0 Å². The quantitative estimate of drug-likeness (QED) is 0.336. The number of fused-ring (bicyclic) bond motifs is 6. The molecule has 0 saturated carbocycles. The number of hydrogen-bond donors (Lipinski definition) is 0. The molecule has 0 radical (unpaired) electrons. The molecule has 2 nitrogen and oxygen atoms in total. The number of rotatable bonds is 5. The van der Waals surface area contributed by atoms with Crippen molar-refractivity contribution in [1.29, 1.82) is 0 Å². The Labute approximate surface area is 189 Å². The summed E-state index contributed by atoms with van der Waals surface area (Å²) in [5.41, 5.74) is 10.8. The second-order valence-electron chi connectivity index (χ2n) is 8.71. The Kier molecular flexibility index (Phi) is 4.53. The number of ether oxygens (including phenoxy) is 2. The van der Waals surface area contributed by atoms with Gasteiger partial charge in [0.25, 0.3) is 0 Å². The molecule has 0 aliphatic heterocycles. The lowest BCUT2D eigenvalue weighted by Gasteiger charge is -2.19. The summed E-state index contributed by atoms with van der Waals surface area (Å²) in [6.07, 6.45) is 2.18. The monoisotopic (exact) mass is 418 g/mol. The third-order valence-corrected chi connectivity index (χ3v) is 7.26. The fourth-order valence-corrected chi connectivity index (χ4v) is 5.94. The fourth-order valence-electron chi connectivity index (χ4n) is 5.94. The summed E-state index contributed by atoms with van der Waals surface area (Å²) in [7, 11) is 3.54. The summed E-state index contributed by atoms with van der Waals surface area (Å²) < 4.78 is 11.5. The first kappa shape index (κ1) is 19.2. The van der Waals surface area contributed by atoms with Crippen molar-refractivity contribution in [2.75, 3.05) is 14.2 Å². The molecule has 0 aromatic heterocycles. The maximum absolute atomic E-state index is 5.74. The first-order valence-electron chi connectivity index (χ1n) is 11.3. The molecule has 6 rings (SSSR count). The van der Waals surface area contributed by atoms with Crippen LogP contribution in [0.4, 0.5) is 0 Å². The summed E-state index contributed by atoms with van der Waals surface area (Å²) in [5, 5.41) is 0. The van der Waals surface area contributed by atoms with E-state index in [0.717, 1.165) is 24.3 Å². The molecule has 0 N–H and O–H groups in total. The van der Waals surface area contributed by atoms with Crippen LogP contribution in [0.3, 0.4) is 0 Å². The fraction of sp³-hybridized carbons (Fsp3) is 0.200. The van der Waals surface area contributed by atoms with E-state index in [1.54, 1.807) is 14.2 Å². The number of methoxy groups -OCH3 is 2. The summed E-state index contributed by atoms with van der Waals surface area (Å²) in [6.45, 7) is 0. The Morgan fingerprint density at radius 2 is 0.906 bits per heavy atom. The zero-order valence-corrected chi connectivity index (χ0v) is 18.5. The van der Waals surface area contributed by atoms with Crippen LogP contribution in [0.5, 0.6) is 11.5 Å². The van der Waals surface area contributed by atoms with Crippen LogP contribution in [0.25, 0.3) is 22.3 Å². The molecule has 2 aliphatic carbocycles. The van der Waals surface area contributed by atoms with E-state index < -0.39 is 0 Å². The SMILES string of the molecule is COc1cccc2c1-c1ccccc1C2CCC1c2ccccc2-c2c(OC)cccc21. The average Bonchev–Trinajstić information content (AvgIpc) is 3.35. The van der Waals surface area contributed by atoms with Crippen LogP contribution in [0.15, 0.2) is 84.9 Å². The molecule has 4 aromatic carbocycles. The predicted molar refractivity (Wildman–Crippen MR) is 130 cm³/mol. The molecule has 2 atom stereocenters. The lowest BCUT2D eigenvalue weighted by molar-refractivity contribution is 0.416. The van der Waals surface area contributed by atoms with Gasteiger partial charge in [0.05, 0.1) is 14.2 Å². The molecule has 32 heavy (non-hydrogen) atoms. The van der Waals surface area contributed by atoms with Gasteiger partial charge in [-0.1, -0.05) is 72.8 Å². The second-order valence-corrected chi connectivity index (χ2v) is 8.71. The van der Waals surface area contributed by atoms with Crippen molar-refractivity contribution in [3.63, 3.8) is 0 Å². The van der Waals surface area contributed by atoms with E-state index in [1.165, 1.54) is 44.5 Å². The minimum atomic E-state index is 0.387. The van der Waals surface area contributed by atoms with Crippen LogP contribution >= 0.6 is 0 Å². The maximum atomic E-state index is 5.74. The lowest BCUT2D eigenvalue weighted by atomic mass is 9.85. The highest BCUT2D eigenvalue weighted by Crippen LogP contribution is 2.54. The van der Waals surface area contributed by atoms with Gasteiger partial charge in [-0.25, -0.2) is 0 Å². The van der Waals surface area contributed by atoms with Crippen molar-refractivity contribution in [3.05, 3.63) is 107 Å². The molecular formula is C30H26O2. The minimum Gasteiger partial charge on any atom is -0.496 e. The van der Waals surface area contributed by atoms with Gasteiger partial charge in [-0.05, 0) is 58.4 Å². The molecule has 2 aliphatic rings. The third kappa shape index (κ3) is 2.72. The zero-order valence-electron chi connectivity index (χ0n) is 18.5. The van der Waals surface area contributed by atoms with Crippen LogP contribution in [0.1, 0.15) is 46.9 Å². The number of hydrogen-bond acceptors (Lipinski definition) is 2. The molecule has 2 unspecified atom stereocenters. The molecule has 0 bridgehead atoms. The van der Waals surface area contributed by atoms with Crippen LogP contribution < -0.4 is 9.47 Å². The molecule has 0 amide bonds. The average molecular weight is 419 g/mol. The third-order valence-electron chi connectivity index (χ3n) is 7.26. The summed E-state index contributed by atoms with van der Waals surface area (Å²) in [4.78, 5) is 0. The molecule has 2 heteroatoms. The maximum Gasteiger partial charge on any atom is 0.126 e. The highest BCUT2D eigenvalue weighted by molar-refractivity contribution is 5.85. The molecule has 0 heterocycles. The largest absolute Gasteiger partial charge is 0.496 e. The zero-order chi connectivity index (χ0) is 21.7. The normalized spacial score (nSPS) is 17.3. The molecule has 0 saturated heterocycles. The topological polar surface area (TPSA) is 18.5 Å². The Bertz CT molecular complexity index is 1220. The van der Waals surface area contributed by atoms with Crippen LogP contribution in [-0.4, -0.2) is 14.2 Å². The highest BCUT2D eigenvalue weighted by Gasteiger charge is 2.34. The first-order valence-corrected chi connectivity index (χ1v) is 11.3. The summed E-state index contributed by atoms with van der Waals surface area (Å²) >= 11 is 0. The van der Waals surface area contributed by atoms with Crippen molar-refractivity contribution in [2.24, 2.45) is 0 Å².